The van der Waals surface area contributed by atoms with Gasteiger partial charge in [0.15, 0.2) is 0 Å². The lowest BCUT2D eigenvalue weighted by Gasteiger charge is -2.23. The summed E-state index contributed by atoms with van der Waals surface area (Å²) in [5.74, 6) is -1.21. The molecule has 3 rings (SSSR count). The van der Waals surface area contributed by atoms with E-state index >= 15 is 0 Å². The molecule has 1 unspecified atom stereocenters. The van der Waals surface area contributed by atoms with Crippen molar-refractivity contribution in [2.75, 3.05) is 25.0 Å². The van der Waals surface area contributed by atoms with Gasteiger partial charge in [-0.25, -0.2) is 13.2 Å². The fourth-order valence-electron chi connectivity index (χ4n) is 3.66. The van der Waals surface area contributed by atoms with Crippen molar-refractivity contribution in [2.45, 2.75) is 31.2 Å². The van der Waals surface area contributed by atoms with Gasteiger partial charge >= 0.3 is 6.03 Å². The number of nitrogens with zero attached hydrogens (tertiary/aromatic N) is 2. The maximum absolute atomic E-state index is 13.0. The van der Waals surface area contributed by atoms with Crippen LogP contribution in [0, 0.1) is 0 Å². The Morgan fingerprint density at radius 3 is 2.27 bits per heavy atom. The number of sulfonamides is 1. The molecule has 0 radical (unpaired) electrons. The molecule has 4 amide bonds. The van der Waals surface area contributed by atoms with Crippen molar-refractivity contribution < 1.29 is 22.8 Å². The SMILES string of the molecule is CCN(CC)S(=O)(=O)c1ccc(NC(=O)CN2C(=O)NC(C)(c3ccccc3Cl)C2=O)cc1. The Kier molecular flexibility index (Phi) is 7.11. The van der Waals surface area contributed by atoms with E-state index in [9.17, 15) is 22.8 Å². The molecule has 176 valence electrons. The highest BCUT2D eigenvalue weighted by molar-refractivity contribution is 7.89. The first-order chi connectivity index (χ1) is 15.5. The molecule has 1 saturated heterocycles. The Morgan fingerprint density at radius 2 is 1.70 bits per heavy atom. The molecule has 0 saturated carbocycles. The summed E-state index contributed by atoms with van der Waals surface area (Å²) in [5.41, 5.74) is -0.631. The maximum atomic E-state index is 13.0. The van der Waals surface area contributed by atoms with Crippen molar-refractivity contribution in [2.24, 2.45) is 0 Å². The van der Waals surface area contributed by atoms with Crippen LogP contribution in [0.3, 0.4) is 0 Å². The van der Waals surface area contributed by atoms with Crippen LogP contribution in [0.2, 0.25) is 5.02 Å². The monoisotopic (exact) mass is 492 g/mol. The standard InChI is InChI=1S/C22H25ClN4O5S/c1-4-26(5-2)33(31,32)16-12-10-15(11-13-16)24-19(28)14-27-20(29)22(3,25-21(27)30)17-8-6-7-9-18(17)23/h6-13H,4-5,14H2,1-3H3,(H,24,28)(H,25,30). The number of carbonyl (C=O) groups is 3. The van der Waals surface area contributed by atoms with Gasteiger partial charge in [0.05, 0.1) is 4.90 Å². The summed E-state index contributed by atoms with van der Waals surface area (Å²) in [6.07, 6.45) is 0. The van der Waals surface area contributed by atoms with Gasteiger partial charge in [0.25, 0.3) is 5.91 Å². The van der Waals surface area contributed by atoms with Gasteiger partial charge in [-0.05, 0) is 37.3 Å². The third kappa shape index (κ3) is 4.73. The minimum atomic E-state index is -3.62. The predicted molar refractivity (Wildman–Crippen MR) is 124 cm³/mol. The fraction of sp³-hybridized carbons (Fsp3) is 0.318. The van der Waals surface area contributed by atoms with Crippen LogP contribution in [-0.2, 0) is 25.2 Å². The number of anilines is 1. The van der Waals surface area contributed by atoms with Crippen molar-refractivity contribution >= 4 is 45.2 Å². The number of hydrogen-bond acceptors (Lipinski definition) is 5. The topological polar surface area (TPSA) is 116 Å². The lowest BCUT2D eigenvalue weighted by atomic mass is 9.92. The first kappa shape index (κ1) is 24.7. The van der Waals surface area contributed by atoms with Gasteiger partial charge in [-0.2, -0.15) is 4.31 Å². The van der Waals surface area contributed by atoms with Crippen LogP contribution in [0.25, 0.3) is 0 Å². The molecule has 11 heteroatoms. The van der Waals surface area contributed by atoms with E-state index in [1.807, 2.05) is 0 Å². The maximum Gasteiger partial charge on any atom is 0.325 e. The van der Waals surface area contributed by atoms with Gasteiger partial charge in [0, 0.05) is 29.4 Å². The van der Waals surface area contributed by atoms with Gasteiger partial charge < -0.3 is 10.6 Å². The first-order valence-corrected chi connectivity index (χ1v) is 12.2. The van der Waals surface area contributed by atoms with Gasteiger partial charge in [-0.15, -0.1) is 0 Å². The zero-order chi connectivity index (χ0) is 24.4. The number of nitrogens with one attached hydrogen (secondary N) is 2. The molecule has 1 atom stereocenters. The molecule has 9 nitrogen and oxygen atoms in total. The zero-order valence-corrected chi connectivity index (χ0v) is 20.0. The summed E-state index contributed by atoms with van der Waals surface area (Å²) in [5, 5.41) is 5.50. The smallest absolute Gasteiger partial charge is 0.325 e. The van der Waals surface area contributed by atoms with Crippen molar-refractivity contribution in [3.63, 3.8) is 0 Å². The molecular formula is C22H25ClN4O5S. The number of urea groups is 1. The number of carbonyl (C=O) groups excluding carboxylic acids is 3. The molecule has 0 bridgehead atoms. The Labute approximate surface area is 197 Å². The third-order valence-electron chi connectivity index (χ3n) is 5.47. The summed E-state index contributed by atoms with van der Waals surface area (Å²) < 4.78 is 26.5. The first-order valence-electron chi connectivity index (χ1n) is 10.3. The van der Waals surface area contributed by atoms with Crippen molar-refractivity contribution in [3.05, 3.63) is 59.1 Å². The van der Waals surface area contributed by atoms with E-state index in [0.29, 0.717) is 29.4 Å². The van der Waals surface area contributed by atoms with E-state index in [1.165, 1.54) is 35.5 Å². The van der Waals surface area contributed by atoms with Crippen LogP contribution < -0.4 is 10.6 Å². The molecule has 1 aliphatic rings. The van der Waals surface area contributed by atoms with Crippen LogP contribution in [0.1, 0.15) is 26.3 Å². The normalized spacial score (nSPS) is 18.5. The lowest BCUT2D eigenvalue weighted by molar-refractivity contribution is -0.133. The van der Waals surface area contributed by atoms with Crippen molar-refractivity contribution in [3.8, 4) is 0 Å². The summed E-state index contributed by atoms with van der Waals surface area (Å²) in [6, 6.07) is 11.6. The molecule has 0 aromatic heterocycles. The Bertz CT molecular complexity index is 1180. The average molecular weight is 493 g/mol. The number of amides is 4. The Balaban J connectivity index is 1.71. The van der Waals surface area contributed by atoms with Gasteiger partial charge in [0.1, 0.15) is 12.1 Å². The van der Waals surface area contributed by atoms with Gasteiger partial charge in [-0.3, -0.25) is 14.5 Å². The summed E-state index contributed by atoms with van der Waals surface area (Å²) in [7, 11) is -3.62. The van der Waals surface area contributed by atoms with Gasteiger partial charge in [0.2, 0.25) is 15.9 Å². The van der Waals surface area contributed by atoms with Crippen LogP contribution in [0.5, 0.6) is 0 Å². The number of imide groups is 1. The van der Waals surface area contributed by atoms with E-state index in [0.717, 1.165) is 4.90 Å². The fourth-order valence-corrected chi connectivity index (χ4v) is 5.44. The second-order valence-corrected chi connectivity index (χ2v) is 9.93. The van der Waals surface area contributed by atoms with E-state index in [-0.39, 0.29) is 4.90 Å². The zero-order valence-electron chi connectivity index (χ0n) is 18.5. The summed E-state index contributed by atoms with van der Waals surface area (Å²) in [4.78, 5) is 38.9. The van der Waals surface area contributed by atoms with Crippen LogP contribution in [-0.4, -0.2) is 55.1 Å². The number of rotatable bonds is 8. The van der Waals surface area contributed by atoms with E-state index in [2.05, 4.69) is 10.6 Å². The molecule has 2 aromatic carbocycles. The number of halogens is 1. The number of benzene rings is 2. The highest BCUT2D eigenvalue weighted by Crippen LogP contribution is 2.33. The highest BCUT2D eigenvalue weighted by Gasteiger charge is 2.50. The van der Waals surface area contributed by atoms with Crippen LogP contribution in [0.15, 0.2) is 53.4 Å². The Hall–Kier alpha value is -2.95. The quantitative estimate of drug-likeness (QED) is 0.550. The van der Waals surface area contributed by atoms with E-state index in [1.54, 1.807) is 38.1 Å². The van der Waals surface area contributed by atoms with Crippen LogP contribution in [0.4, 0.5) is 10.5 Å². The molecule has 33 heavy (non-hydrogen) atoms. The minimum absolute atomic E-state index is 0.105. The molecule has 1 aliphatic heterocycles. The van der Waals surface area contributed by atoms with Crippen molar-refractivity contribution in [1.29, 1.82) is 0 Å². The molecule has 2 aromatic rings. The van der Waals surface area contributed by atoms with Crippen LogP contribution >= 0.6 is 11.6 Å². The molecule has 2 N–H and O–H groups in total. The largest absolute Gasteiger partial charge is 0.325 e. The lowest BCUT2D eigenvalue weighted by Crippen LogP contribution is -2.42. The molecule has 0 aliphatic carbocycles. The number of hydrogen-bond donors (Lipinski definition) is 2. The second kappa shape index (κ2) is 9.50. The minimum Gasteiger partial charge on any atom is -0.325 e. The third-order valence-corrected chi connectivity index (χ3v) is 7.86. The molecular weight excluding hydrogens is 468 g/mol. The summed E-state index contributed by atoms with van der Waals surface area (Å²) >= 11 is 6.20. The highest BCUT2D eigenvalue weighted by atomic mass is 35.5. The summed E-state index contributed by atoms with van der Waals surface area (Å²) in [6.45, 7) is 5.21. The second-order valence-electron chi connectivity index (χ2n) is 7.59. The predicted octanol–water partition coefficient (Wildman–Crippen LogP) is 2.78. The average Bonchev–Trinajstić information content (AvgIpc) is 2.98. The van der Waals surface area contributed by atoms with E-state index < -0.39 is 40.0 Å². The van der Waals surface area contributed by atoms with E-state index in [4.69, 9.17) is 11.6 Å². The van der Waals surface area contributed by atoms with Gasteiger partial charge in [-0.1, -0.05) is 43.6 Å². The molecule has 1 fully saturated rings. The molecule has 0 spiro atoms. The molecule has 1 heterocycles. The van der Waals surface area contributed by atoms with Crippen molar-refractivity contribution in [1.82, 2.24) is 14.5 Å². The Morgan fingerprint density at radius 1 is 1.09 bits per heavy atom.